The third-order valence-corrected chi connectivity index (χ3v) is 4.94. The third kappa shape index (κ3) is 6.87. The second-order valence-corrected chi connectivity index (χ2v) is 7.70. The molecule has 154 valence electrons. The Bertz CT molecular complexity index is 667. The number of amides is 3. The molecule has 0 bridgehead atoms. The maximum absolute atomic E-state index is 12.4. The van der Waals surface area contributed by atoms with E-state index in [1.807, 2.05) is 32.9 Å². The molecule has 0 saturated heterocycles. The SMILES string of the molecule is Cc1ccc(OCC(=O)NNC(=O)[C@H](NC(=O)C2CCCCC2)C(C)C)cc1. The van der Waals surface area contributed by atoms with Crippen molar-refractivity contribution in [2.75, 3.05) is 6.61 Å². The van der Waals surface area contributed by atoms with Crippen LogP contribution >= 0.6 is 0 Å². The van der Waals surface area contributed by atoms with Crippen molar-refractivity contribution >= 4 is 17.7 Å². The highest BCUT2D eigenvalue weighted by Gasteiger charge is 2.28. The fourth-order valence-electron chi connectivity index (χ4n) is 3.20. The number of benzene rings is 1. The minimum Gasteiger partial charge on any atom is -0.484 e. The zero-order valence-corrected chi connectivity index (χ0v) is 16.9. The van der Waals surface area contributed by atoms with Crippen molar-refractivity contribution in [3.8, 4) is 5.75 Å². The van der Waals surface area contributed by atoms with Crippen LogP contribution in [-0.2, 0) is 14.4 Å². The summed E-state index contributed by atoms with van der Waals surface area (Å²) in [6, 6.07) is 6.62. The summed E-state index contributed by atoms with van der Waals surface area (Å²) in [7, 11) is 0. The molecule has 1 aliphatic carbocycles. The summed E-state index contributed by atoms with van der Waals surface area (Å²) in [6.45, 7) is 5.45. The Kier molecular flexibility index (Phi) is 8.29. The predicted octanol–water partition coefficient (Wildman–Crippen LogP) is 2.24. The van der Waals surface area contributed by atoms with Crippen molar-refractivity contribution in [2.45, 2.75) is 58.9 Å². The summed E-state index contributed by atoms with van der Waals surface area (Å²) in [6.07, 6.45) is 4.99. The van der Waals surface area contributed by atoms with Gasteiger partial charge in [0.1, 0.15) is 11.8 Å². The van der Waals surface area contributed by atoms with Crippen molar-refractivity contribution in [3.63, 3.8) is 0 Å². The summed E-state index contributed by atoms with van der Waals surface area (Å²) in [4.78, 5) is 36.8. The molecule has 3 amide bonds. The van der Waals surface area contributed by atoms with Crippen LogP contribution < -0.4 is 20.9 Å². The Morgan fingerprint density at radius 2 is 1.68 bits per heavy atom. The quantitative estimate of drug-likeness (QED) is 0.623. The maximum atomic E-state index is 12.4. The second-order valence-electron chi connectivity index (χ2n) is 7.70. The van der Waals surface area contributed by atoms with Gasteiger partial charge in [0.25, 0.3) is 11.8 Å². The second kappa shape index (κ2) is 10.7. The summed E-state index contributed by atoms with van der Waals surface area (Å²) >= 11 is 0. The van der Waals surface area contributed by atoms with E-state index < -0.39 is 17.9 Å². The molecule has 1 fully saturated rings. The summed E-state index contributed by atoms with van der Waals surface area (Å²) < 4.78 is 5.37. The molecular weight excluding hydrogens is 358 g/mol. The predicted molar refractivity (Wildman–Crippen MR) is 106 cm³/mol. The van der Waals surface area contributed by atoms with Crippen LogP contribution in [0.25, 0.3) is 0 Å². The zero-order chi connectivity index (χ0) is 20.5. The lowest BCUT2D eigenvalue weighted by molar-refractivity contribution is -0.135. The summed E-state index contributed by atoms with van der Waals surface area (Å²) in [5.74, 6) is -0.555. The van der Waals surface area contributed by atoms with E-state index in [0.717, 1.165) is 37.7 Å². The molecule has 1 aliphatic rings. The minimum absolute atomic E-state index is 0.0275. The third-order valence-electron chi connectivity index (χ3n) is 4.94. The molecule has 1 atom stereocenters. The lowest BCUT2D eigenvalue weighted by atomic mass is 9.88. The molecule has 0 heterocycles. The Morgan fingerprint density at radius 1 is 1.04 bits per heavy atom. The van der Waals surface area contributed by atoms with Gasteiger partial charge in [-0.1, -0.05) is 50.8 Å². The topological polar surface area (TPSA) is 96.5 Å². The first-order valence-corrected chi connectivity index (χ1v) is 9.95. The maximum Gasteiger partial charge on any atom is 0.276 e. The van der Waals surface area contributed by atoms with Gasteiger partial charge in [-0.15, -0.1) is 0 Å². The van der Waals surface area contributed by atoms with Gasteiger partial charge in [-0.25, -0.2) is 0 Å². The van der Waals surface area contributed by atoms with Crippen LogP contribution in [0.3, 0.4) is 0 Å². The van der Waals surface area contributed by atoms with Gasteiger partial charge < -0.3 is 10.1 Å². The molecule has 2 rings (SSSR count). The number of hydrogen-bond donors (Lipinski definition) is 3. The first-order chi connectivity index (χ1) is 13.4. The van der Waals surface area contributed by atoms with Gasteiger partial charge in [0.2, 0.25) is 5.91 Å². The molecule has 0 aromatic heterocycles. The van der Waals surface area contributed by atoms with E-state index >= 15 is 0 Å². The lowest BCUT2D eigenvalue weighted by Gasteiger charge is -2.26. The molecule has 1 saturated carbocycles. The van der Waals surface area contributed by atoms with Gasteiger partial charge in [0, 0.05) is 5.92 Å². The number of hydrazine groups is 1. The summed E-state index contributed by atoms with van der Waals surface area (Å²) in [5.41, 5.74) is 5.82. The normalized spacial score (nSPS) is 15.6. The van der Waals surface area contributed by atoms with Crippen molar-refractivity contribution in [1.29, 1.82) is 0 Å². The van der Waals surface area contributed by atoms with Gasteiger partial charge in [-0.3, -0.25) is 25.2 Å². The molecule has 0 unspecified atom stereocenters. The largest absolute Gasteiger partial charge is 0.484 e. The fraction of sp³-hybridized carbons (Fsp3) is 0.571. The monoisotopic (exact) mass is 389 g/mol. The zero-order valence-electron chi connectivity index (χ0n) is 16.9. The summed E-state index contributed by atoms with van der Waals surface area (Å²) in [5, 5.41) is 2.84. The molecule has 7 heteroatoms. The van der Waals surface area contributed by atoms with E-state index in [0.29, 0.717) is 5.75 Å². The Balaban J connectivity index is 1.78. The van der Waals surface area contributed by atoms with Crippen LogP contribution in [0.2, 0.25) is 0 Å². The Morgan fingerprint density at radius 3 is 2.29 bits per heavy atom. The number of hydrogen-bond acceptors (Lipinski definition) is 4. The smallest absolute Gasteiger partial charge is 0.276 e. The van der Waals surface area contributed by atoms with Gasteiger partial charge in [0.05, 0.1) is 0 Å². The number of ether oxygens (including phenoxy) is 1. The van der Waals surface area contributed by atoms with E-state index in [4.69, 9.17) is 4.74 Å². The van der Waals surface area contributed by atoms with Gasteiger partial charge in [-0.05, 0) is 37.8 Å². The standard InChI is InChI=1S/C21H31N3O4/c1-14(2)19(22-20(26)16-7-5-4-6-8-16)21(27)24-23-18(25)13-28-17-11-9-15(3)10-12-17/h9-12,14,16,19H,4-8,13H2,1-3H3,(H,22,26)(H,23,25)(H,24,27)/t19-/m1/s1. The molecule has 1 aromatic carbocycles. The number of nitrogens with one attached hydrogen (secondary N) is 3. The van der Waals surface area contributed by atoms with Crippen LogP contribution in [0.1, 0.15) is 51.5 Å². The Labute approximate surface area is 166 Å². The van der Waals surface area contributed by atoms with Crippen LogP contribution in [0, 0.1) is 18.8 Å². The highest BCUT2D eigenvalue weighted by atomic mass is 16.5. The van der Waals surface area contributed by atoms with E-state index in [1.165, 1.54) is 0 Å². The van der Waals surface area contributed by atoms with Crippen LogP contribution in [0.15, 0.2) is 24.3 Å². The molecule has 0 radical (unpaired) electrons. The van der Waals surface area contributed by atoms with Crippen molar-refractivity contribution in [3.05, 3.63) is 29.8 Å². The molecule has 7 nitrogen and oxygen atoms in total. The van der Waals surface area contributed by atoms with Gasteiger partial charge >= 0.3 is 0 Å². The van der Waals surface area contributed by atoms with Gasteiger partial charge in [0.15, 0.2) is 6.61 Å². The van der Waals surface area contributed by atoms with E-state index in [-0.39, 0.29) is 24.3 Å². The number of carbonyl (C=O) groups excluding carboxylic acids is 3. The average Bonchev–Trinajstić information content (AvgIpc) is 2.70. The van der Waals surface area contributed by atoms with Crippen LogP contribution in [0.5, 0.6) is 5.75 Å². The highest BCUT2D eigenvalue weighted by molar-refractivity contribution is 5.90. The molecule has 1 aromatic rings. The van der Waals surface area contributed by atoms with E-state index in [1.54, 1.807) is 12.1 Å². The van der Waals surface area contributed by atoms with Crippen molar-refractivity contribution in [1.82, 2.24) is 16.2 Å². The van der Waals surface area contributed by atoms with E-state index in [2.05, 4.69) is 16.2 Å². The van der Waals surface area contributed by atoms with Crippen LogP contribution in [0.4, 0.5) is 0 Å². The minimum atomic E-state index is -0.701. The molecule has 0 aliphatic heterocycles. The Hall–Kier alpha value is -2.57. The number of aryl methyl sites for hydroxylation is 1. The van der Waals surface area contributed by atoms with E-state index in [9.17, 15) is 14.4 Å². The lowest BCUT2D eigenvalue weighted by Crippen LogP contribution is -2.55. The van der Waals surface area contributed by atoms with Crippen molar-refractivity contribution < 1.29 is 19.1 Å². The molecule has 3 N–H and O–H groups in total. The van der Waals surface area contributed by atoms with Gasteiger partial charge in [-0.2, -0.15) is 0 Å². The first kappa shape index (κ1) is 21.7. The molecule has 0 spiro atoms. The number of carbonyl (C=O) groups is 3. The average molecular weight is 389 g/mol. The molecule has 28 heavy (non-hydrogen) atoms. The first-order valence-electron chi connectivity index (χ1n) is 9.95. The fourth-order valence-corrected chi connectivity index (χ4v) is 3.20. The highest BCUT2D eigenvalue weighted by Crippen LogP contribution is 2.24. The molecular formula is C21H31N3O4. The van der Waals surface area contributed by atoms with Crippen molar-refractivity contribution in [2.24, 2.45) is 11.8 Å². The number of rotatable bonds is 7. The van der Waals surface area contributed by atoms with Crippen LogP contribution in [-0.4, -0.2) is 30.4 Å².